The first-order chi connectivity index (χ1) is 25.3. The molecule has 14 heteroatoms. The zero-order chi connectivity index (χ0) is 36.2. The fourth-order valence-corrected chi connectivity index (χ4v) is 7.25. The van der Waals surface area contributed by atoms with Gasteiger partial charge in [-0.25, -0.2) is 19.6 Å². The van der Waals surface area contributed by atoms with Gasteiger partial charge in [-0.3, -0.25) is 9.59 Å². The maximum absolute atomic E-state index is 12.9. The van der Waals surface area contributed by atoms with Crippen LogP contribution in [0.1, 0.15) is 49.4 Å². The number of aromatic amines is 2. The van der Waals surface area contributed by atoms with Crippen LogP contribution in [0.5, 0.6) is 0 Å². The lowest BCUT2D eigenvalue weighted by molar-refractivity contribution is -0.132. The van der Waals surface area contributed by atoms with E-state index in [0.717, 1.165) is 70.1 Å². The molecule has 0 aliphatic carbocycles. The van der Waals surface area contributed by atoms with Gasteiger partial charge in [0.15, 0.2) is 0 Å². The van der Waals surface area contributed by atoms with Crippen LogP contribution >= 0.6 is 0 Å². The van der Waals surface area contributed by atoms with Crippen LogP contribution in [0.25, 0.3) is 44.4 Å². The Bertz CT molecular complexity index is 2110. The van der Waals surface area contributed by atoms with Gasteiger partial charge in [-0.1, -0.05) is 60.7 Å². The normalized spacial score (nSPS) is 17.0. The fraction of sp³-hybridized carbons (Fsp3) is 0.316. The molecule has 0 unspecified atom stereocenters. The molecule has 2 aliphatic rings. The molecule has 2 aromatic heterocycles. The minimum Gasteiger partial charge on any atom is -0.453 e. The number of H-pyrrole nitrogens is 2. The highest BCUT2D eigenvalue weighted by Gasteiger charge is 2.33. The molecule has 14 nitrogen and oxygen atoms in total. The Morgan fingerprint density at radius 1 is 0.673 bits per heavy atom. The zero-order valence-electron chi connectivity index (χ0n) is 29.0. The van der Waals surface area contributed by atoms with Crippen molar-refractivity contribution >= 4 is 34.8 Å². The number of amides is 4. The van der Waals surface area contributed by atoms with Crippen molar-refractivity contribution in [1.29, 1.82) is 0 Å². The third-order valence-electron chi connectivity index (χ3n) is 9.83. The second-order valence-corrected chi connectivity index (χ2v) is 12.8. The number of fused-ring (bicyclic) bond motifs is 1. The van der Waals surface area contributed by atoms with Crippen molar-refractivity contribution in [3.8, 4) is 33.6 Å². The molecule has 7 rings (SSSR count). The zero-order valence-corrected chi connectivity index (χ0v) is 29.0. The van der Waals surface area contributed by atoms with E-state index in [2.05, 4.69) is 83.6 Å². The maximum Gasteiger partial charge on any atom is 0.407 e. The summed E-state index contributed by atoms with van der Waals surface area (Å²) in [7, 11) is 2.53. The van der Waals surface area contributed by atoms with Crippen LogP contribution < -0.4 is 10.6 Å². The van der Waals surface area contributed by atoms with Gasteiger partial charge in [-0.2, -0.15) is 0 Å². The Labute approximate surface area is 299 Å². The molecule has 0 radical (unpaired) electrons. The monoisotopic (exact) mass is 704 g/mol. The van der Waals surface area contributed by atoms with Crippen molar-refractivity contribution < 1.29 is 28.7 Å². The van der Waals surface area contributed by atoms with E-state index in [-0.39, 0.29) is 37.0 Å². The Balaban J connectivity index is 1.08. The van der Waals surface area contributed by atoms with Gasteiger partial charge in [0.05, 0.1) is 50.1 Å². The van der Waals surface area contributed by atoms with Gasteiger partial charge < -0.3 is 39.9 Å². The van der Waals surface area contributed by atoms with Gasteiger partial charge in [0.25, 0.3) is 0 Å². The molecule has 2 atom stereocenters. The fourth-order valence-electron chi connectivity index (χ4n) is 7.25. The first-order valence-corrected chi connectivity index (χ1v) is 17.3. The van der Waals surface area contributed by atoms with E-state index in [1.165, 1.54) is 14.2 Å². The lowest BCUT2D eigenvalue weighted by atomic mass is 9.93. The molecule has 4 N–H and O–H groups in total. The number of aromatic nitrogens is 4. The van der Waals surface area contributed by atoms with Crippen LogP contribution in [0.15, 0.2) is 73.1 Å². The number of rotatable bonds is 9. The van der Waals surface area contributed by atoms with E-state index in [4.69, 9.17) is 4.98 Å². The van der Waals surface area contributed by atoms with E-state index in [1.54, 1.807) is 16.0 Å². The second-order valence-electron chi connectivity index (χ2n) is 12.8. The number of imidazole rings is 2. The molecular formula is C38H40N8O6. The molecule has 0 bridgehead atoms. The second kappa shape index (κ2) is 15.0. The SMILES string of the molecule is COC(=O)NCC(=O)N1CCC[C@H]1c1ncc(-c2ccc(-c3ccc(-c4cnc([C@@H]5CCCN5C(=O)CNC(=O)OC)[nH]4)c4ccccc34)cc2)[nH]1. The van der Waals surface area contributed by atoms with Crippen molar-refractivity contribution in [2.24, 2.45) is 0 Å². The van der Waals surface area contributed by atoms with Crippen molar-refractivity contribution in [1.82, 2.24) is 40.4 Å². The number of nitrogens with one attached hydrogen (secondary N) is 4. The molecule has 4 heterocycles. The molecule has 268 valence electrons. The molecule has 0 saturated carbocycles. The first kappa shape index (κ1) is 34.3. The maximum atomic E-state index is 12.9. The summed E-state index contributed by atoms with van der Waals surface area (Å²) in [6, 6.07) is 20.4. The van der Waals surface area contributed by atoms with Crippen LogP contribution in [-0.2, 0) is 19.1 Å². The highest BCUT2D eigenvalue weighted by Crippen LogP contribution is 2.38. The van der Waals surface area contributed by atoms with E-state index < -0.39 is 12.2 Å². The number of nitrogens with zero attached hydrogens (tertiary/aromatic N) is 4. The van der Waals surface area contributed by atoms with Gasteiger partial charge in [0.2, 0.25) is 11.8 Å². The smallest absolute Gasteiger partial charge is 0.407 e. The average Bonchev–Trinajstić information content (AvgIpc) is 4.02. The summed E-state index contributed by atoms with van der Waals surface area (Å²) >= 11 is 0. The number of benzene rings is 3. The quantitative estimate of drug-likeness (QED) is 0.159. The molecule has 2 fully saturated rings. The standard InChI is InChI=1S/C38H40N8O6/c1-51-37(49)41-21-33(47)45-17-5-9-31(45)35-39-19-29(43-35)24-13-11-23(12-14-24)25-15-16-28(27-8-4-3-7-26(25)27)30-20-40-36(44-30)32-10-6-18-46(32)34(48)22-42-38(50)52-2/h3-4,7-8,11-16,19-20,31-32H,5-6,9-10,17-18,21-22H2,1-2H3,(H,39,43)(H,40,44)(H,41,49)(H,42,50)/t31-,32-/m0/s1. The Morgan fingerprint density at radius 3 is 1.71 bits per heavy atom. The summed E-state index contributed by atoms with van der Waals surface area (Å²) in [5.74, 6) is 1.07. The summed E-state index contributed by atoms with van der Waals surface area (Å²) in [6.45, 7) is 0.936. The summed E-state index contributed by atoms with van der Waals surface area (Å²) in [6.07, 6.45) is 5.59. The third kappa shape index (κ3) is 6.91. The number of likely N-dealkylation sites (tertiary alicyclic amines) is 2. The van der Waals surface area contributed by atoms with Gasteiger partial charge >= 0.3 is 12.2 Å². The van der Waals surface area contributed by atoms with Crippen LogP contribution in [0.4, 0.5) is 9.59 Å². The molecule has 5 aromatic rings. The Morgan fingerprint density at radius 2 is 1.15 bits per heavy atom. The van der Waals surface area contributed by atoms with Gasteiger partial charge in [0.1, 0.15) is 24.7 Å². The molecule has 2 aliphatic heterocycles. The minimum absolute atomic E-state index is 0.128. The highest BCUT2D eigenvalue weighted by atomic mass is 16.5. The molecular weight excluding hydrogens is 664 g/mol. The number of hydrogen-bond acceptors (Lipinski definition) is 8. The summed E-state index contributed by atoms with van der Waals surface area (Å²) in [5.41, 5.74) is 5.83. The van der Waals surface area contributed by atoms with Crippen molar-refractivity contribution in [3.63, 3.8) is 0 Å². The molecule has 2 saturated heterocycles. The van der Waals surface area contributed by atoms with Crippen LogP contribution in [-0.4, -0.2) is 94.1 Å². The van der Waals surface area contributed by atoms with Crippen LogP contribution in [0.3, 0.4) is 0 Å². The molecule has 3 aromatic carbocycles. The highest BCUT2D eigenvalue weighted by molar-refractivity contribution is 6.04. The molecule has 4 amide bonds. The number of ether oxygens (including phenoxy) is 2. The third-order valence-corrected chi connectivity index (χ3v) is 9.83. The summed E-state index contributed by atoms with van der Waals surface area (Å²) in [4.78, 5) is 68.4. The molecule has 52 heavy (non-hydrogen) atoms. The van der Waals surface area contributed by atoms with Crippen molar-refractivity contribution in [3.05, 3.63) is 84.7 Å². The molecule has 0 spiro atoms. The van der Waals surface area contributed by atoms with Crippen molar-refractivity contribution in [2.45, 2.75) is 37.8 Å². The van der Waals surface area contributed by atoms with Gasteiger partial charge in [-0.05, 0) is 53.1 Å². The van der Waals surface area contributed by atoms with Crippen LogP contribution in [0, 0.1) is 0 Å². The average molecular weight is 705 g/mol. The van der Waals surface area contributed by atoms with E-state index in [9.17, 15) is 19.2 Å². The number of hydrogen-bond donors (Lipinski definition) is 4. The van der Waals surface area contributed by atoms with E-state index in [1.807, 2.05) is 18.3 Å². The predicted octanol–water partition coefficient (Wildman–Crippen LogP) is 5.33. The topological polar surface area (TPSA) is 175 Å². The summed E-state index contributed by atoms with van der Waals surface area (Å²) < 4.78 is 9.18. The van der Waals surface area contributed by atoms with Crippen LogP contribution in [0.2, 0.25) is 0 Å². The van der Waals surface area contributed by atoms with Gasteiger partial charge in [0, 0.05) is 18.7 Å². The largest absolute Gasteiger partial charge is 0.453 e. The van der Waals surface area contributed by atoms with Gasteiger partial charge in [-0.15, -0.1) is 0 Å². The first-order valence-electron chi connectivity index (χ1n) is 17.3. The Hall–Kier alpha value is -6.18. The number of carbonyl (C=O) groups excluding carboxylic acids is 4. The number of alkyl carbamates (subject to hydrolysis) is 2. The number of carbonyl (C=O) groups is 4. The Kier molecular flexibility index (Phi) is 9.87. The predicted molar refractivity (Wildman–Crippen MR) is 193 cm³/mol. The number of methoxy groups -OCH3 is 2. The van der Waals surface area contributed by atoms with E-state index >= 15 is 0 Å². The lowest BCUT2D eigenvalue weighted by Crippen LogP contribution is -2.40. The van der Waals surface area contributed by atoms with E-state index in [0.29, 0.717) is 24.7 Å². The minimum atomic E-state index is -0.640. The van der Waals surface area contributed by atoms with Crippen molar-refractivity contribution in [2.75, 3.05) is 40.4 Å². The summed E-state index contributed by atoms with van der Waals surface area (Å²) in [5, 5.41) is 7.10. The lowest BCUT2D eigenvalue weighted by Gasteiger charge is -2.23.